The van der Waals surface area contributed by atoms with Crippen molar-refractivity contribution in [2.45, 2.75) is 12.5 Å². The van der Waals surface area contributed by atoms with E-state index in [1.807, 2.05) is 0 Å². The van der Waals surface area contributed by atoms with Gasteiger partial charge in [-0.05, 0) is 12.0 Å². The van der Waals surface area contributed by atoms with Crippen LogP contribution in [0.4, 0.5) is 10.5 Å². The monoisotopic (exact) mass is 297 g/mol. The lowest BCUT2D eigenvalue weighted by Gasteiger charge is -2.12. The molecular formula is C12H15N3O6. The summed E-state index contributed by atoms with van der Waals surface area (Å²) in [5.41, 5.74) is 0.773. The predicted octanol–water partition coefficient (Wildman–Crippen LogP) is -0.118. The highest BCUT2D eigenvalue weighted by Crippen LogP contribution is 2.11. The number of nitrogens with one attached hydrogen (secondary N) is 2. The van der Waals surface area contributed by atoms with Crippen molar-refractivity contribution < 1.29 is 24.7 Å². The zero-order valence-corrected chi connectivity index (χ0v) is 11.0. The smallest absolute Gasteiger partial charge is 0.328 e. The van der Waals surface area contributed by atoms with Gasteiger partial charge in [-0.2, -0.15) is 0 Å². The number of carbonyl (C=O) groups is 2. The third kappa shape index (κ3) is 5.45. The van der Waals surface area contributed by atoms with Crippen LogP contribution in [0.1, 0.15) is 5.56 Å². The SMILES string of the molecule is O=C(NCCc1ccc([N+](=O)[O-])cc1)N[C@H](CO)C(=O)O. The van der Waals surface area contributed by atoms with Crippen molar-refractivity contribution in [1.82, 2.24) is 10.6 Å². The molecule has 0 bridgehead atoms. The Kier molecular flexibility index (Phi) is 6.08. The number of urea groups is 1. The van der Waals surface area contributed by atoms with Crippen LogP contribution in [-0.4, -0.2) is 46.3 Å². The van der Waals surface area contributed by atoms with Gasteiger partial charge in [-0.3, -0.25) is 10.1 Å². The molecule has 0 aromatic heterocycles. The summed E-state index contributed by atoms with van der Waals surface area (Å²) in [6.07, 6.45) is 0.433. The second-order valence-electron chi connectivity index (χ2n) is 4.15. The largest absolute Gasteiger partial charge is 0.480 e. The van der Waals surface area contributed by atoms with E-state index in [1.165, 1.54) is 12.1 Å². The van der Waals surface area contributed by atoms with Crippen LogP contribution >= 0.6 is 0 Å². The highest BCUT2D eigenvalue weighted by Gasteiger charge is 2.18. The van der Waals surface area contributed by atoms with E-state index in [0.717, 1.165) is 5.56 Å². The number of amides is 2. The fraction of sp³-hybridized carbons (Fsp3) is 0.333. The first-order chi connectivity index (χ1) is 9.93. The first-order valence-electron chi connectivity index (χ1n) is 6.05. The van der Waals surface area contributed by atoms with E-state index in [-0.39, 0.29) is 12.2 Å². The third-order valence-corrected chi connectivity index (χ3v) is 2.63. The Hall–Kier alpha value is -2.68. The predicted molar refractivity (Wildman–Crippen MR) is 71.8 cm³/mol. The number of carboxylic acids is 1. The maximum Gasteiger partial charge on any atom is 0.328 e. The van der Waals surface area contributed by atoms with E-state index >= 15 is 0 Å². The topological polar surface area (TPSA) is 142 Å². The number of benzene rings is 1. The van der Waals surface area contributed by atoms with Crippen LogP contribution in [-0.2, 0) is 11.2 Å². The lowest BCUT2D eigenvalue weighted by Crippen LogP contribution is -2.48. The van der Waals surface area contributed by atoms with Gasteiger partial charge in [-0.15, -0.1) is 0 Å². The van der Waals surface area contributed by atoms with Crippen molar-refractivity contribution in [3.63, 3.8) is 0 Å². The van der Waals surface area contributed by atoms with Crippen molar-refractivity contribution >= 4 is 17.7 Å². The minimum Gasteiger partial charge on any atom is -0.480 e. The van der Waals surface area contributed by atoms with Crippen molar-refractivity contribution in [1.29, 1.82) is 0 Å². The van der Waals surface area contributed by atoms with Gasteiger partial charge in [0.15, 0.2) is 6.04 Å². The van der Waals surface area contributed by atoms with Crippen LogP contribution in [0.2, 0.25) is 0 Å². The molecule has 9 nitrogen and oxygen atoms in total. The van der Waals surface area contributed by atoms with Crippen molar-refractivity contribution in [2.75, 3.05) is 13.2 Å². The van der Waals surface area contributed by atoms with Gasteiger partial charge in [0.05, 0.1) is 11.5 Å². The summed E-state index contributed by atoms with van der Waals surface area (Å²) >= 11 is 0. The molecule has 1 atom stereocenters. The van der Waals surface area contributed by atoms with Crippen LogP contribution in [0, 0.1) is 10.1 Å². The Morgan fingerprint density at radius 3 is 2.38 bits per heavy atom. The van der Waals surface area contributed by atoms with Gasteiger partial charge in [0.2, 0.25) is 0 Å². The maximum absolute atomic E-state index is 11.4. The summed E-state index contributed by atoms with van der Waals surface area (Å²) in [5.74, 6) is -1.33. The number of rotatable bonds is 7. The molecule has 1 rings (SSSR count). The number of carbonyl (C=O) groups excluding carboxylic acids is 1. The fourth-order valence-electron chi connectivity index (χ4n) is 1.50. The maximum atomic E-state index is 11.4. The zero-order chi connectivity index (χ0) is 15.8. The number of non-ortho nitro benzene ring substituents is 1. The molecule has 0 aliphatic rings. The molecule has 0 aliphatic carbocycles. The normalized spacial score (nSPS) is 11.5. The minimum atomic E-state index is -1.36. The van der Waals surface area contributed by atoms with Gasteiger partial charge in [0, 0.05) is 18.7 Å². The number of nitrogens with zero attached hydrogens (tertiary/aromatic N) is 1. The number of hydrogen-bond donors (Lipinski definition) is 4. The quantitative estimate of drug-likeness (QED) is 0.408. The van der Waals surface area contributed by atoms with Crippen molar-refractivity contribution in [2.24, 2.45) is 0 Å². The molecule has 21 heavy (non-hydrogen) atoms. The Balaban J connectivity index is 2.37. The van der Waals surface area contributed by atoms with Crippen LogP contribution in [0.5, 0.6) is 0 Å². The molecule has 9 heteroatoms. The summed E-state index contributed by atoms with van der Waals surface area (Å²) in [6, 6.07) is 3.81. The Morgan fingerprint density at radius 2 is 1.90 bits per heavy atom. The average Bonchev–Trinajstić information content (AvgIpc) is 2.45. The third-order valence-electron chi connectivity index (χ3n) is 2.63. The van der Waals surface area contributed by atoms with Gasteiger partial charge in [0.25, 0.3) is 5.69 Å². The highest BCUT2D eigenvalue weighted by molar-refractivity contribution is 5.82. The van der Waals surface area contributed by atoms with Crippen molar-refractivity contribution in [3.05, 3.63) is 39.9 Å². The summed E-state index contributed by atoms with van der Waals surface area (Å²) in [6.45, 7) is -0.480. The van der Waals surface area contributed by atoms with Crippen LogP contribution < -0.4 is 10.6 Å². The van der Waals surface area contributed by atoms with Gasteiger partial charge in [-0.1, -0.05) is 12.1 Å². The first-order valence-corrected chi connectivity index (χ1v) is 6.05. The summed E-state index contributed by atoms with van der Waals surface area (Å²) in [5, 5.41) is 32.4. The molecule has 2 amide bonds. The number of nitro groups is 1. The van der Waals surface area contributed by atoms with Crippen molar-refractivity contribution in [3.8, 4) is 0 Å². The summed E-state index contributed by atoms with van der Waals surface area (Å²) < 4.78 is 0. The number of carboxylic acid groups (broad SMARTS) is 1. The van der Waals surface area contributed by atoms with E-state index in [9.17, 15) is 19.7 Å². The molecule has 0 fully saturated rings. The fourth-order valence-corrected chi connectivity index (χ4v) is 1.50. The second kappa shape index (κ2) is 7.80. The van der Waals surface area contributed by atoms with Crippen LogP contribution in [0.3, 0.4) is 0 Å². The Labute approximate surface area is 119 Å². The number of hydrogen-bond acceptors (Lipinski definition) is 5. The number of aliphatic carboxylic acids is 1. The number of aliphatic hydroxyl groups excluding tert-OH is 1. The molecule has 0 aliphatic heterocycles. The first kappa shape index (κ1) is 16.4. The minimum absolute atomic E-state index is 0.0169. The zero-order valence-electron chi connectivity index (χ0n) is 11.0. The molecule has 0 heterocycles. The molecule has 0 saturated carbocycles. The van der Waals surface area contributed by atoms with E-state index in [1.54, 1.807) is 12.1 Å². The number of nitro benzene ring substituents is 1. The molecule has 0 unspecified atom stereocenters. The molecule has 4 N–H and O–H groups in total. The summed E-state index contributed by atoms with van der Waals surface area (Å²) in [7, 11) is 0. The summed E-state index contributed by atoms with van der Waals surface area (Å²) in [4.78, 5) is 31.9. The number of aliphatic hydroxyl groups is 1. The van der Waals surface area contributed by atoms with Gasteiger partial charge in [0.1, 0.15) is 0 Å². The molecule has 114 valence electrons. The Morgan fingerprint density at radius 1 is 1.29 bits per heavy atom. The average molecular weight is 297 g/mol. The lowest BCUT2D eigenvalue weighted by atomic mass is 10.1. The Bertz CT molecular complexity index is 516. The lowest BCUT2D eigenvalue weighted by molar-refractivity contribution is -0.384. The van der Waals surface area contributed by atoms with E-state index in [4.69, 9.17) is 10.2 Å². The standard InChI is InChI=1S/C12H15N3O6/c16-7-10(11(17)18)14-12(19)13-6-5-8-1-3-9(4-2-8)15(20)21/h1-4,10,16H,5-7H2,(H,17,18)(H2,13,14,19)/t10-/m1/s1. The van der Waals surface area contributed by atoms with E-state index in [2.05, 4.69) is 10.6 Å². The van der Waals surface area contributed by atoms with Crippen LogP contribution in [0.25, 0.3) is 0 Å². The molecular weight excluding hydrogens is 282 g/mol. The molecule has 0 radical (unpaired) electrons. The molecule has 1 aromatic carbocycles. The van der Waals surface area contributed by atoms with Gasteiger partial charge < -0.3 is 20.8 Å². The second-order valence-corrected chi connectivity index (χ2v) is 4.15. The molecule has 0 spiro atoms. The molecule has 1 aromatic rings. The molecule has 0 saturated heterocycles. The highest BCUT2D eigenvalue weighted by atomic mass is 16.6. The van der Waals surface area contributed by atoms with Gasteiger partial charge >= 0.3 is 12.0 Å². The van der Waals surface area contributed by atoms with E-state index < -0.39 is 29.6 Å². The van der Waals surface area contributed by atoms with Crippen LogP contribution in [0.15, 0.2) is 24.3 Å². The van der Waals surface area contributed by atoms with E-state index in [0.29, 0.717) is 6.42 Å². The van der Waals surface area contributed by atoms with Gasteiger partial charge in [-0.25, -0.2) is 9.59 Å².